The van der Waals surface area contributed by atoms with Crippen LogP contribution >= 0.6 is 11.8 Å². The fourth-order valence-corrected chi connectivity index (χ4v) is 2.08. The van der Waals surface area contributed by atoms with Gasteiger partial charge in [0.15, 0.2) is 5.16 Å². The first kappa shape index (κ1) is 16.0. The van der Waals surface area contributed by atoms with Crippen molar-refractivity contribution in [1.82, 2.24) is 9.97 Å². The van der Waals surface area contributed by atoms with Crippen LogP contribution in [-0.4, -0.2) is 47.1 Å². The standard InChI is InChI=1S/C13H24N4OS/c1-6-7-14-10-8-11(16-12(15-10)19-5)17(4)9-13(2,3)18/h8,18H,6-7,9H2,1-5H3,(H,14,15,16). The lowest BCUT2D eigenvalue weighted by Crippen LogP contribution is -2.36. The number of nitrogens with one attached hydrogen (secondary N) is 1. The molecule has 108 valence electrons. The minimum absolute atomic E-state index is 0.519. The Bertz CT molecular complexity index is 406. The van der Waals surface area contributed by atoms with Crippen LogP contribution in [0.2, 0.25) is 0 Å². The molecule has 0 unspecified atom stereocenters. The first-order chi connectivity index (χ1) is 8.85. The molecule has 0 aliphatic rings. The molecule has 0 atom stereocenters. The number of aliphatic hydroxyl groups is 1. The molecule has 1 aromatic rings. The largest absolute Gasteiger partial charge is 0.389 e. The van der Waals surface area contributed by atoms with E-state index in [2.05, 4.69) is 22.2 Å². The van der Waals surface area contributed by atoms with Gasteiger partial charge in [-0.3, -0.25) is 0 Å². The highest BCUT2D eigenvalue weighted by Gasteiger charge is 2.17. The van der Waals surface area contributed by atoms with E-state index in [4.69, 9.17) is 0 Å². The van der Waals surface area contributed by atoms with Crippen molar-refractivity contribution < 1.29 is 5.11 Å². The van der Waals surface area contributed by atoms with Gasteiger partial charge in [0.05, 0.1) is 5.60 Å². The Balaban J connectivity index is 2.92. The number of rotatable bonds is 7. The van der Waals surface area contributed by atoms with Gasteiger partial charge < -0.3 is 15.3 Å². The molecular weight excluding hydrogens is 260 g/mol. The summed E-state index contributed by atoms with van der Waals surface area (Å²) in [4.78, 5) is 10.8. The van der Waals surface area contributed by atoms with Crippen LogP contribution in [0.3, 0.4) is 0 Å². The van der Waals surface area contributed by atoms with E-state index in [-0.39, 0.29) is 0 Å². The molecule has 0 spiro atoms. The summed E-state index contributed by atoms with van der Waals surface area (Å²) in [5.41, 5.74) is -0.754. The number of thioether (sulfide) groups is 1. The summed E-state index contributed by atoms with van der Waals surface area (Å²) in [5, 5.41) is 13.9. The van der Waals surface area contributed by atoms with Crippen LogP contribution in [0, 0.1) is 0 Å². The Labute approximate surface area is 119 Å². The molecular formula is C13H24N4OS. The molecule has 19 heavy (non-hydrogen) atoms. The molecule has 5 nitrogen and oxygen atoms in total. The molecule has 6 heteroatoms. The van der Waals surface area contributed by atoms with E-state index in [0.29, 0.717) is 6.54 Å². The Morgan fingerprint density at radius 2 is 2.11 bits per heavy atom. The number of anilines is 2. The lowest BCUT2D eigenvalue weighted by molar-refractivity contribution is 0.0884. The Hall–Kier alpha value is -1.01. The highest BCUT2D eigenvalue weighted by molar-refractivity contribution is 7.98. The molecule has 0 saturated carbocycles. The van der Waals surface area contributed by atoms with E-state index in [1.807, 2.05) is 24.3 Å². The minimum atomic E-state index is -0.754. The van der Waals surface area contributed by atoms with Crippen LogP contribution in [0.5, 0.6) is 0 Å². The summed E-state index contributed by atoms with van der Waals surface area (Å²) in [5.74, 6) is 1.65. The van der Waals surface area contributed by atoms with Crippen LogP contribution in [0.1, 0.15) is 27.2 Å². The average molecular weight is 284 g/mol. The topological polar surface area (TPSA) is 61.3 Å². The molecule has 1 aromatic heterocycles. The number of hydrogen-bond acceptors (Lipinski definition) is 6. The van der Waals surface area contributed by atoms with Crippen LogP contribution in [0.4, 0.5) is 11.6 Å². The Morgan fingerprint density at radius 1 is 1.42 bits per heavy atom. The third-order valence-corrected chi connectivity index (χ3v) is 2.99. The molecule has 0 amide bonds. The van der Waals surface area contributed by atoms with E-state index in [1.165, 1.54) is 11.8 Å². The first-order valence-corrected chi connectivity index (χ1v) is 7.68. The zero-order valence-corrected chi connectivity index (χ0v) is 13.2. The number of nitrogens with zero attached hydrogens (tertiary/aromatic N) is 3. The van der Waals surface area contributed by atoms with Gasteiger partial charge in [0, 0.05) is 26.2 Å². The van der Waals surface area contributed by atoms with E-state index >= 15 is 0 Å². The highest BCUT2D eigenvalue weighted by atomic mass is 32.2. The van der Waals surface area contributed by atoms with Crippen LogP contribution < -0.4 is 10.2 Å². The fraction of sp³-hybridized carbons (Fsp3) is 0.692. The van der Waals surface area contributed by atoms with Gasteiger partial charge in [0.2, 0.25) is 0 Å². The van der Waals surface area contributed by atoms with Crippen molar-refractivity contribution in [2.45, 2.75) is 37.9 Å². The first-order valence-electron chi connectivity index (χ1n) is 6.46. The maximum atomic E-state index is 9.88. The number of hydrogen-bond donors (Lipinski definition) is 2. The van der Waals surface area contributed by atoms with Crippen LogP contribution in [0.25, 0.3) is 0 Å². The quantitative estimate of drug-likeness (QED) is 0.591. The predicted molar refractivity (Wildman–Crippen MR) is 82.2 cm³/mol. The van der Waals surface area contributed by atoms with E-state index in [9.17, 15) is 5.11 Å². The van der Waals surface area contributed by atoms with Gasteiger partial charge in [-0.15, -0.1) is 0 Å². The van der Waals surface area contributed by atoms with Gasteiger partial charge in [0.25, 0.3) is 0 Å². The molecule has 2 N–H and O–H groups in total. The molecule has 0 aliphatic heterocycles. The summed E-state index contributed by atoms with van der Waals surface area (Å²) in [6.07, 6.45) is 3.01. The smallest absolute Gasteiger partial charge is 0.191 e. The van der Waals surface area contributed by atoms with Crippen molar-refractivity contribution in [3.8, 4) is 0 Å². The van der Waals surface area contributed by atoms with Gasteiger partial charge in [0.1, 0.15) is 11.6 Å². The second-order valence-electron chi connectivity index (χ2n) is 5.19. The van der Waals surface area contributed by atoms with Gasteiger partial charge in [-0.2, -0.15) is 0 Å². The van der Waals surface area contributed by atoms with Crippen molar-refractivity contribution in [3.05, 3.63) is 6.07 Å². The Morgan fingerprint density at radius 3 is 2.63 bits per heavy atom. The van der Waals surface area contributed by atoms with Crippen molar-refractivity contribution in [1.29, 1.82) is 0 Å². The maximum absolute atomic E-state index is 9.88. The molecule has 0 saturated heterocycles. The molecule has 0 bridgehead atoms. The zero-order chi connectivity index (χ0) is 14.5. The average Bonchev–Trinajstić information content (AvgIpc) is 2.33. The van der Waals surface area contributed by atoms with Gasteiger partial charge in [-0.1, -0.05) is 18.7 Å². The Kier molecular flexibility index (Phi) is 5.87. The van der Waals surface area contributed by atoms with E-state index in [1.54, 1.807) is 13.8 Å². The summed E-state index contributed by atoms with van der Waals surface area (Å²) >= 11 is 1.51. The second kappa shape index (κ2) is 6.96. The molecule has 0 fully saturated rings. The van der Waals surface area contributed by atoms with E-state index < -0.39 is 5.60 Å². The van der Waals surface area contributed by atoms with Crippen molar-refractivity contribution in [2.24, 2.45) is 0 Å². The summed E-state index contributed by atoms with van der Waals surface area (Å²) < 4.78 is 0. The molecule has 0 radical (unpaired) electrons. The van der Waals surface area contributed by atoms with Crippen molar-refractivity contribution in [3.63, 3.8) is 0 Å². The third kappa shape index (κ3) is 5.65. The zero-order valence-electron chi connectivity index (χ0n) is 12.4. The molecule has 1 heterocycles. The molecule has 1 rings (SSSR count). The SMILES string of the molecule is CCCNc1cc(N(C)CC(C)(C)O)nc(SC)n1. The second-order valence-corrected chi connectivity index (χ2v) is 5.97. The lowest BCUT2D eigenvalue weighted by Gasteiger charge is -2.26. The minimum Gasteiger partial charge on any atom is -0.389 e. The fourth-order valence-electron chi connectivity index (χ4n) is 1.70. The van der Waals surface area contributed by atoms with Crippen LogP contribution in [-0.2, 0) is 0 Å². The monoisotopic (exact) mass is 284 g/mol. The van der Waals surface area contributed by atoms with Gasteiger partial charge in [-0.25, -0.2) is 9.97 Å². The predicted octanol–water partition coefficient (Wildman–Crippen LogP) is 2.23. The molecule has 0 aliphatic carbocycles. The maximum Gasteiger partial charge on any atom is 0.191 e. The van der Waals surface area contributed by atoms with Crippen LogP contribution in [0.15, 0.2) is 11.2 Å². The van der Waals surface area contributed by atoms with Gasteiger partial charge in [-0.05, 0) is 26.5 Å². The third-order valence-electron chi connectivity index (χ3n) is 2.45. The van der Waals surface area contributed by atoms with Crippen molar-refractivity contribution in [2.75, 3.05) is 36.6 Å². The van der Waals surface area contributed by atoms with Gasteiger partial charge >= 0.3 is 0 Å². The lowest BCUT2D eigenvalue weighted by atomic mass is 10.1. The van der Waals surface area contributed by atoms with Crippen molar-refractivity contribution >= 4 is 23.4 Å². The normalized spacial score (nSPS) is 11.5. The van der Waals surface area contributed by atoms with E-state index in [0.717, 1.165) is 29.8 Å². The summed E-state index contributed by atoms with van der Waals surface area (Å²) in [6, 6.07) is 1.92. The number of aromatic nitrogens is 2. The summed E-state index contributed by atoms with van der Waals surface area (Å²) in [7, 11) is 1.92. The number of likely N-dealkylation sites (N-methyl/N-ethyl adjacent to an activating group) is 1. The molecule has 0 aromatic carbocycles. The highest BCUT2D eigenvalue weighted by Crippen LogP contribution is 2.20. The summed E-state index contributed by atoms with van der Waals surface area (Å²) in [6.45, 7) is 7.10.